The van der Waals surface area contributed by atoms with Crippen molar-refractivity contribution in [2.45, 2.75) is 57.2 Å². The largest absolute Gasteiger partial charge is 0.848 e. The fourth-order valence-corrected chi connectivity index (χ4v) is 3.21. The van der Waals surface area contributed by atoms with E-state index in [2.05, 4.69) is 12.2 Å². The Morgan fingerprint density at radius 1 is 1.27 bits per heavy atom. The van der Waals surface area contributed by atoms with E-state index in [0.29, 0.717) is 23.9 Å². The second-order valence-corrected chi connectivity index (χ2v) is 5.50. The maximum atomic E-state index is 11.9. The standard InChI is InChI=1S/C12H23N2O/c1-8-4-5-9(7-10(8)13)12-11(15)3-2-6-14-12/h8-12,14H,2-7,13H2,1H3/q-1/p+1. The first-order valence-corrected chi connectivity index (χ1v) is 6.43. The maximum absolute atomic E-state index is 11.9. The molecule has 0 radical (unpaired) electrons. The Hall–Kier alpha value is -0.120. The Bertz CT molecular complexity index is 210. The highest BCUT2D eigenvalue weighted by Crippen LogP contribution is 2.30. The molecule has 0 spiro atoms. The Kier molecular flexibility index (Phi) is 3.65. The van der Waals surface area contributed by atoms with E-state index in [1.165, 1.54) is 12.8 Å². The minimum atomic E-state index is -0.343. The molecule has 1 saturated heterocycles. The average molecular weight is 212 g/mol. The summed E-state index contributed by atoms with van der Waals surface area (Å²) in [6, 6.07) is 0.642. The molecule has 4 N–H and O–H groups in total. The average Bonchev–Trinajstić information content (AvgIpc) is 2.23. The van der Waals surface area contributed by atoms with E-state index in [1.807, 2.05) is 0 Å². The molecule has 1 saturated carbocycles. The van der Waals surface area contributed by atoms with Crippen LogP contribution in [0, 0.1) is 11.8 Å². The molecular weight excluding hydrogens is 188 g/mol. The zero-order valence-corrected chi connectivity index (χ0v) is 9.69. The van der Waals surface area contributed by atoms with Crippen molar-refractivity contribution in [1.29, 1.82) is 0 Å². The second-order valence-electron chi connectivity index (χ2n) is 5.50. The third kappa shape index (κ3) is 2.52. The molecule has 2 rings (SSSR count). The summed E-state index contributed by atoms with van der Waals surface area (Å²) >= 11 is 0. The normalized spacial score (nSPS) is 47.8. The number of hydrogen-bond donors (Lipinski definition) is 2. The molecule has 1 heterocycles. The van der Waals surface area contributed by atoms with Crippen LogP contribution in [-0.2, 0) is 0 Å². The van der Waals surface area contributed by atoms with E-state index in [9.17, 15) is 5.11 Å². The summed E-state index contributed by atoms with van der Waals surface area (Å²) in [7, 11) is 0. The summed E-state index contributed by atoms with van der Waals surface area (Å²) in [5, 5.41) is 14.2. The van der Waals surface area contributed by atoms with E-state index in [0.717, 1.165) is 25.8 Å². The minimum Gasteiger partial charge on any atom is -0.848 e. The van der Waals surface area contributed by atoms with Crippen molar-refractivity contribution < 1.29 is 10.4 Å². The summed E-state index contributed by atoms with van der Waals surface area (Å²) in [5.41, 5.74) is 6.10. The molecule has 3 nitrogen and oxygen atoms in total. The molecule has 1 aliphatic heterocycles. The van der Waals surface area contributed by atoms with Crippen molar-refractivity contribution >= 4 is 0 Å². The molecule has 0 bridgehead atoms. The molecule has 5 atom stereocenters. The minimum absolute atomic E-state index is 0.317. The third-order valence-electron chi connectivity index (χ3n) is 4.40. The van der Waals surface area contributed by atoms with Gasteiger partial charge in [0.15, 0.2) is 0 Å². The molecule has 0 aromatic heterocycles. The van der Waals surface area contributed by atoms with E-state index >= 15 is 0 Å². The molecule has 3 heteroatoms. The fraction of sp³-hybridized carbons (Fsp3) is 1.00. The van der Waals surface area contributed by atoms with Gasteiger partial charge in [0, 0.05) is 12.0 Å². The van der Waals surface area contributed by atoms with Gasteiger partial charge in [0.1, 0.15) is 0 Å². The number of rotatable bonds is 1. The van der Waals surface area contributed by atoms with Crippen molar-refractivity contribution in [3.05, 3.63) is 0 Å². The summed E-state index contributed by atoms with van der Waals surface area (Å²) < 4.78 is 0. The zero-order chi connectivity index (χ0) is 10.8. The molecule has 0 aromatic rings. The second kappa shape index (κ2) is 4.81. The summed E-state index contributed by atoms with van der Waals surface area (Å²) in [5.74, 6) is 1.23. The van der Waals surface area contributed by atoms with Crippen LogP contribution in [0.4, 0.5) is 0 Å². The van der Waals surface area contributed by atoms with Gasteiger partial charge in [-0.25, -0.2) is 0 Å². The Labute approximate surface area is 92.4 Å². The van der Waals surface area contributed by atoms with Crippen molar-refractivity contribution in [1.82, 2.24) is 0 Å². The maximum Gasteiger partial charge on any atom is 0.0762 e. The van der Waals surface area contributed by atoms with Gasteiger partial charge in [0.2, 0.25) is 0 Å². The van der Waals surface area contributed by atoms with Crippen LogP contribution >= 0.6 is 0 Å². The van der Waals surface area contributed by atoms with Crippen LogP contribution in [-0.4, -0.2) is 24.7 Å². The monoisotopic (exact) mass is 212 g/mol. The molecule has 0 amide bonds. The summed E-state index contributed by atoms with van der Waals surface area (Å²) in [6.45, 7) is 3.38. The first kappa shape index (κ1) is 11.4. The van der Waals surface area contributed by atoms with Gasteiger partial charge < -0.3 is 16.2 Å². The Morgan fingerprint density at radius 3 is 2.73 bits per heavy atom. The topological polar surface area (TPSA) is 65.7 Å². The molecule has 0 aromatic carbocycles. The van der Waals surface area contributed by atoms with Gasteiger partial charge in [-0.15, -0.1) is 0 Å². The van der Waals surface area contributed by atoms with Gasteiger partial charge >= 0.3 is 0 Å². The lowest BCUT2D eigenvalue weighted by Gasteiger charge is -2.42. The Morgan fingerprint density at radius 2 is 2.07 bits per heavy atom. The van der Waals surface area contributed by atoms with Crippen molar-refractivity contribution in [2.24, 2.45) is 17.6 Å². The van der Waals surface area contributed by atoms with Gasteiger partial charge in [-0.2, -0.15) is 0 Å². The SMILES string of the molecule is CC1CCC(C2[NH2+]CCCC2[O-])CC1N. The van der Waals surface area contributed by atoms with Gasteiger partial charge in [0.25, 0.3) is 0 Å². The van der Waals surface area contributed by atoms with Gasteiger partial charge in [0.05, 0.1) is 12.6 Å². The van der Waals surface area contributed by atoms with Gasteiger partial charge in [-0.05, 0) is 31.6 Å². The van der Waals surface area contributed by atoms with Crippen molar-refractivity contribution in [3.8, 4) is 0 Å². The summed E-state index contributed by atoms with van der Waals surface area (Å²) in [4.78, 5) is 0. The van der Waals surface area contributed by atoms with E-state index in [-0.39, 0.29) is 6.10 Å². The fourth-order valence-electron chi connectivity index (χ4n) is 3.21. The van der Waals surface area contributed by atoms with Gasteiger partial charge in [-0.1, -0.05) is 19.4 Å². The quantitative estimate of drug-likeness (QED) is 0.598. The first-order valence-electron chi connectivity index (χ1n) is 6.43. The van der Waals surface area contributed by atoms with Crippen LogP contribution < -0.4 is 16.2 Å². The van der Waals surface area contributed by atoms with Crippen molar-refractivity contribution in [3.63, 3.8) is 0 Å². The van der Waals surface area contributed by atoms with Crippen LogP contribution in [0.5, 0.6) is 0 Å². The number of hydrogen-bond acceptors (Lipinski definition) is 2. The smallest absolute Gasteiger partial charge is 0.0762 e. The number of quaternary nitrogens is 1. The van der Waals surface area contributed by atoms with E-state index < -0.39 is 0 Å². The highest BCUT2D eigenvalue weighted by Gasteiger charge is 2.34. The molecule has 88 valence electrons. The molecule has 15 heavy (non-hydrogen) atoms. The lowest BCUT2D eigenvalue weighted by molar-refractivity contribution is -0.735. The van der Waals surface area contributed by atoms with Crippen LogP contribution in [0.3, 0.4) is 0 Å². The van der Waals surface area contributed by atoms with Gasteiger partial charge in [-0.3, -0.25) is 0 Å². The predicted octanol–water partition coefficient (Wildman–Crippen LogP) is -0.795. The van der Waals surface area contributed by atoms with Crippen LogP contribution in [0.2, 0.25) is 0 Å². The van der Waals surface area contributed by atoms with E-state index in [1.54, 1.807) is 0 Å². The predicted molar refractivity (Wildman–Crippen MR) is 58.1 cm³/mol. The molecule has 2 aliphatic rings. The van der Waals surface area contributed by atoms with Crippen molar-refractivity contribution in [2.75, 3.05) is 6.54 Å². The number of nitrogens with two attached hydrogens (primary N) is 2. The van der Waals surface area contributed by atoms with Crippen LogP contribution in [0.1, 0.15) is 39.0 Å². The van der Waals surface area contributed by atoms with Crippen LogP contribution in [0.15, 0.2) is 0 Å². The third-order valence-corrected chi connectivity index (χ3v) is 4.40. The van der Waals surface area contributed by atoms with E-state index in [4.69, 9.17) is 5.73 Å². The van der Waals surface area contributed by atoms with Crippen LogP contribution in [0.25, 0.3) is 0 Å². The highest BCUT2D eigenvalue weighted by atomic mass is 16.3. The zero-order valence-electron chi connectivity index (χ0n) is 9.69. The number of piperidine rings is 1. The highest BCUT2D eigenvalue weighted by molar-refractivity contribution is 4.86. The molecule has 1 aliphatic carbocycles. The molecule has 5 unspecified atom stereocenters. The first-order chi connectivity index (χ1) is 7.18. The summed E-state index contributed by atoms with van der Waals surface area (Å²) in [6.07, 6.45) is 5.13. The Balaban J connectivity index is 1.92. The molecular formula is C12H24N2O. The molecule has 2 fully saturated rings. The lowest BCUT2D eigenvalue weighted by Crippen LogP contribution is -2.97. The lowest BCUT2D eigenvalue weighted by atomic mass is 9.74.